The maximum atomic E-state index is 9.98. The molecule has 0 radical (unpaired) electrons. The van der Waals surface area contributed by atoms with Crippen molar-refractivity contribution in [1.29, 1.82) is 0 Å². The van der Waals surface area contributed by atoms with Crippen molar-refractivity contribution in [2.45, 2.75) is 6.54 Å². The first-order valence-corrected chi connectivity index (χ1v) is 3.89. The number of rotatable bonds is 3. The van der Waals surface area contributed by atoms with Gasteiger partial charge in [-0.2, -0.15) is 4.99 Å². The van der Waals surface area contributed by atoms with Crippen LogP contribution in [-0.2, 0) is 11.3 Å². The molecule has 0 atom stereocenters. The van der Waals surface area contributed by atoms with Gasteiger partial charge in [-0.05, 0) is 25.7 Å². The molecule has 0 aliphatic rings. The van der Waals surface area contributed by atoms with Crippen molar-refractivity contribution in [3.05, 3.63) is 24.0 Å². The van der Waals surface area contributed by atoms with Gasteiger partial charge in [0.1, 0.15) is 0 Å². The third kappa shape index (κ3) is 3.15. The van der Waals surface area contributed by atoms with Gasteiger partial charge in [0, 0.05) is 12.7 Å². The predicted molar refractivity (Wildman–Crippen MR) is 49.4 cm³/mol. The molecule has 4 nitrogen and oxygen atoms in total. The van der Waals surface area contributed by atoms with Gasteiger partial charge in [-0.25, -0.2) is 4.79 Å². The fourth-order valence-corrected chi connectivity index (χ4v) is 1.04. The molecule has 0 aliphatic carbocycles. The Morgan fingerprint density at radius 1 is 1.54 bits per heavy atom. The second-order valence-corrected chi connectivity index (χ2v) is 2.99. The number of pyridine rings is 1. The average molecular weight is 177 g/mol. The van der Waals surface area contributed by atoms with Gasteiger partial charge in [-0.15, -0.1) is 0 Å². The van der Waals surface area contributed by atoms with E-state index in [-0.39, 0.29) is 0 Å². The van der Waals surface area contributed by atoms with Crippen molar-refractivity contribution in [2.75, 3.05) is 14.1 Å². The minimum absolute atomic E-state index is 0.550. The van der Waals surface area contributed by atoms with Crippen molar-refractivity contribution in [1.82, 2.24) is 9.88 Å². The lowest BCUT2D eigenvalue weighted by molar-refractivity contribution is 0.402. The van der Waals surface area contributed by atoms with Crippen LogP contribution in [0.5, 0.6) is 0 Å². The summed E-state index contributed by atoms with van der Waals surface area (Å²) in [7, 11) is 3.94. The topological polar surface area (TPSA) is 45.6 Å². The van der Waals surface area contributed by atoms with Crippen molar-refractivity contribution in [2.24, 2.45) is 4.99 Å². The minimum Gasteiger partial charge on any atom is -0.305 e. The predicted octanol–water partition coefficient (Wildman–Crippen LogP) is 1.11. The summed E-state index contributed by atoms with van der Waals surface area (Å²) in [5.74, 6) is 0. The molecule has 0 spiro atoms. The molecular formula is C9H11N3O. The molecule has 1 rings (SSSR count). The fraction of sp³-hybridized carbons (Fsp3) is 0.333. The molecule has 1 aromatic rings. The van der Waals surface area contributed by atoms with E-state index >= 15 is 0 Å². The zero-order chi connectivity index (χ0) is 9.68. The van der Waals surface area contributed by atoms with Gasteiger partial charge in [0.05, 0.1) is 11.9 Å². The number of hydrogen-bond donors (Lipinski definition) is 0. The number of nitrogens with zero attached hydrogens (tertiary/aromatic N) is 3. The fourth-order valence-electron chi connectivity index (χ4n) is 1.04. The van der Waals surface area contributed by atoms with Crippen LogP contribution in [0.4, 0.5) is 5.69 Å². The first-order chi connectivity index (χ1) is 6.22. The van der Waals surface area contributed by atoms with E-state index < -0.39 is 0 Å². The molecule has 0 unspecified atom stereocenters. The van der Waals surface area contributed by atoms with Crippen LogP contribution in [0, 0.1) is 0 Å². The summed E-state index contributed by atoms with van der Waals surface area (Å²) in [6.07, 6.45) is 4.77. The lowest BCUT2D eigenvalue weighted by Gasteiger charge is -2.08. The number of aliphatic imine (C=N–C) groups is 1. The highest BCUT2D eigenvalue weighted by Crippen LogP contribution is 2.11. The quantitative estimate of drug-likeness (QED) is 0.513. The van der Waals surface area contributed by atoms with Crippen LogP contribution in [0.2, 0.25) is 0 Å². The van der Waals surface area contributed by atoms with Crippen LogP contribution in [0.25, 0.3) is 0 Å². The number of hydrogen-bond acceptors (Lipinski definition) is 4. The second-order valence-electron chi connectivity index (χ2n) is 2.99. The zero-order valence-corrected chi connectivity index (χ0v) is 7.69. The monoisotopic (exact) mass is 177 g/mol. The van der Waals surface area contributed by atoms with Crippen LogP contribution in [0.1, 0.15) is 5.56 Å². The average Bonchev–Trinajstić information content (AvgIpc) is 2.04. The summed E-state index contributed by atoms with van der Waals surface area (Å²) in [5.41, 5.74) is 1.58. The smallest absolute Gasteiger partial charge is 0.240 e. The lowest BCUT2D eigenvalue weighted by Crippen LogP contribution is -2.10. The van der Waals surface area contributed by atoms with E-state index in [0.29, 0.717) is 5.69 Å². The van der Waals surface area contributed by atoms with Gasteiger partial charge in [-0.1, -0.05) is 0 Å². The van der Waals surface area contributed by atoms with Crippen LogP contribution < -0.4 is 0 Å². The Hall–Kier alpha value is -1.51. The standard InChI is InChI=1S/C9H11N3O/c1-12(2)6-8-3-9(11-7-13)5-10-4-8/h3-5H,6H2,1-2H3. The molecule has 0 saturated carbocycles. The van der Waals surface area contributed by atoms with Crippen molar-refractivity contribution >= 4 is 11.8 Å². The van der Waals surface area contributed by atoms with Gasteiger partial charge in [0.15, 0.2) is 0 Å². The van der Waals surface area contributed by atoms with E-state index in [1.807, 2.05) is 25.1 Å². The summed E-state index contributed by atoms with van der Waals surface area (Å²) in [6, 6.07) is 1.82. The van der Waals surface area contributed by atoms with Crippen LogP contribution >= 0.6 is 0 Å². The summed E-state index contributed by atoms with van der Waals surface area (Å²) < 4.78 is 0. The maximum Gasteiger partial charge on any atom is 0.240 e. The van der Waals surface area contributed by atoms with Gasteiger partial charge >= 0.3 is 0 Å². The Morgan fingerprint density at radius 3 is 2.92 bits per heavy atom. The van der Waals surface area contributed by atoms with Gasteiger partial charge in [-0.3, -0.25) is 4.98 Å². The number of isocyanates is 1. The summed E-state index contributed by atoms with van der Waals surface area (Å²) in [6.45, 7) is 0.787. The SMILES string of the molecule is CN(C)Cc1cncc(N=C=O)c1. The Balaban J connectivity index is 2.85. The van der Waals surface area contributed by atoms with Gasteiger partial charge in [0.25, 0.3) is 0 Å². The maximum absolute atomic E-state index is 9.98. The molecule has 1 heterocycles. The Kier molecular flexibility index (Phi) is 3.31. The molecule has 0 bridgehead atoms. The van der Waals surface area contributed by atoms with Gasteiger partial charge in [0.2, 0.25) is 6.08 Å². The minimum atomic E-state index is 0.550. The normalized spacial score (nSPS) is 9.77. The molecule has 4 heteroatoms. The van der Waals surface area contributed by atoms with Gasteiger partial charge < -0.3 is 4.90 Å². The van der Waals surface area contributed by atoms with E-state index in [4.69, 9.17) is 0 Å². The van der Waals surface area contributed by atoms with Crippen LogP contribution in [0.3, 0.4) is 0 Å². The van der Waals surface area contributed by atoms with E-state index in [1.54, 1.807) is 6.20 Å². The molecule has 0 saturated heterocycles. The van der Waals surface area contributed by atoms with E-state index in [2.05, 4.69) is 9.98 Å². The molecule has 68 valence electrons. The molecular weight excluding hydrogens is 166 g/mol. The highest BCUT2D eigenvalue weighted by atomic mass is 16.1. The van der Waals surface area contributed by atoms with Crippen molar-refractivity contribution in [3.63, 3.8) is 0 Å². The summed E-state index contributed by atoms with van der Waals surface area (Å²) in [5, 5.41) is 0. The lowest BCUT2D eigenvalue weighted by atomic mass is 10.2. The number of carbonyl (C=O) groups excluding carboxylic acids is 1. The highest BCUT2D eigenvalue weighted by Gasteiger charge is 1.96. The molecule has 13 heavy (non-hydrogen) atoms. The molecule has 0 N–H and O–H groups in total. The van der Waals surface area contributed by atoms with Crippen molar-refractivity contribution < 1.29 is 4.79 Å². The second kappa shape index (κ2) is 4.50. The molecule has 0 fully saturated rings. The van der Waals surface area contributed by atoms with Crippen LogP contribution in [0.15, 0.2) is 23.5 Å². The number of aromatic nitrogens is 1. The van der Waals surface area contributed by atoms with E-state index in [9.17, 15) is 4.79 Å². The van der Waals surface area contributed by atoms with Crippen LogP contribution in [-0.4, -0.2) is 30.1 Å². The molecule has 0 aromatic carbocycles. The third-order valence-corrected chi connectivity index (χ3v) is 1.45. The molecule has 0 amide bonds. The Labute approximate surface area is 76.9 Å². The Morgan fingerprint density at radius 2 is 2.31 bits per heavy atom. The largest absolute Gasteiger partial charge is 0.305 e. The molecule has 0 aliphatic heterocycles. The first kappa shape index (κ1) is 9.58. The molecule has 1 aromatic heterocycles. The van der Waals surface area contributed by atoms with E-state index in [1.165, 1.54) is 12.3 Å². The summed E-state index contributed by atoms with van der Waals surface area (Å²) >= 11 is 0. The third-order valence-electron chi connectivity index (χ3n) is 1.45. The van der Waals surface area contributed by atoms with E-state index in [0.717, 1.165) is 12.1 Å². The van der Waals surface area contributed by atoms with Crippen molar-refractivity contribution in [3.8, 4) is 0 Å². The highest BCUT2D eigenvalue weighted by molar-refractivity contribution is 5.48. The Bertz CT molecular complexity index is 329. The summed E-state index contributed by atoms with van der Waals surface area (Å²) in [4.78, 5) is 19.4. The zero-order valence-electron chi connectivity index (χ0n) is 7.69. The first-order valence-electron chi connectivity index (χ1n) is 3.89.